The van der Waals surface area contributed by atoms with E-state index < -0.39 is 17.8 Å². The molecule has 0 saturated carbocycles. The summed E-state index contributed by atoms with van der Waals surface area (Å²) in [5.74, 6) is -2.50. The number of carbonyl (C=O) groups excluding carboxylic acids is 3. The predicted molar refractivity (Wildman–Crippen MR) is 84.3 cm³/mol. The molecule has 1 heterocycles. The van der Waals surface area contributed by atoms with Crippen molar-refractivity contribution < 1.29 is 24.2 Å². The molecule has 0 atom stereocenters. The van der Waals surface area contributed by atoms with Crippen molar-refractivity contribution in [3.8, 4) is 0 Å². The van der Waals surface area contributed by atoms with Gasteiger partial charge in [0.1, 0.15) is 5.00 Å². The van der Waals surface area contributed by atoms with Gasteiger partial charge >= 0.3 is 5.97 Å². The van der Waals surface area contributed by atoms with Gasteiger partial charge in [-0.25, -0.2) is 4.79 Å². The SMILES string of the molecule is CCCOC(=O)c1c(NC(=O)/C=C/C(=O)[O-])sc2c1CCCC2. The molecule has 124 valence electrons. The first-order valence-corrected chi connectivity index (χ1v) is 8.36. The topological polar surface area (TPSA) is 95.5 Å². The summed E-state index contributed by atoms with van der Waals surface area (Å²) in [7, 11) is 0. The third kappa shape index (κ3) is 4.41. The van der Waals surface area contributed by atoms with Crippen molar-refractivity contribution in [2.45, 2.75) is 39.0 Å². The highest BCUT2D eigenvalue weighted by Crippen LogP contribution is 2.38. The van der Waals surface area contributed by atoms with Crippen molar-refractivity contribution >= 4 is 34.2 Å². The molecule has 0 saturated heterocycles. The maximum atomic E-state index is 12.3. The zero-order chi connectivity index (χ0) is 16.8. The van der Waals surface area contributed by atoms with E-state index in [1.54, 1.807) is 0 Å². The van der Waals surface area contributed by atoms with Crippen LogP contribution in [0.5, 0.6) is 0 Å². The van der Waals surface area contributed by atoms with E-state index in [9.17, 15) is 19.5 Å². The van der Waals surface area contributed by atoms with E-state index in [1.807, 2.05) is 6.92 Å². The van der Waals surface area contributed by atoms with E-state index in [1.165, 1.54) is 11.3 Å². The molecule has 0 fully saturated rings. The summed E-state index contributed by atoms with van der Waals surface area (Å²) in [4.78, 5) is 35.5. The Morgan fingerprint density at radius 2 is 2.00 bits per heavy atom. The van der Waals surface area contributed by atoms with Gasteiger partial charge in [-0.1, -0.05) is 6.92 Å². The van der Waals surface area contributed by atoms with Crippen LogP contribution in [0.3, 0.4) is 0 Å². The Morgan fingerprint density at radius 3 is 2.70 bits per heavy atom. The minimum atomic E-state index is -1.45. The molecule has 1 aliphatic carbocycles. The van der Waals surface area contributed by atoms with Gasteiger partial charge in [0.25, 0.3) is 0 Å². The fourth-order valence-electron chi connectivity index (χ4n) is 2.43. The van der Waals surface area contributed by atoms with Crippen LogP contribution in [0.25, 0.3) is 0 Å². The van der Waals surface area contributed by atoms with Crippen molar-refractivity contribution in [1.29, 1.82) is 0 Å². The molecule has 2 rings (SSSR count). The number of rotatable bonds is 6. The normalized spacial score (nSPS) is 13.6. The van der Waals surface area contributed by atoms with Crippen LogP contribution in [-0.4, -0.2) is 24.5 Å². The molecule has 0 aliphatic heterocycles. The van der Waals surface area contributed by atoms with Crippen LogP contribution in [0.15, 0.2) is 12.2 Å². The lowest BCUT2D eigenvalue weighted by Crippen LogP contribution is -2.20. The number of hydrogen-bond donors (Lipinski definition) is 1. The average molecular weight is 336 g/mol. The fourth-order valence-corrected chi connectivity index (χ4v) is 3.71. The molecular weight excluding hydrogens is 318 g/mol. The molecule has 23 heavy (non-hydrogen) atoms. The summed E-state index contributed by atoms with van der Waals surface area (Å²) in [6.07, 6.45) is 5.94. The molecular formula is C16H18NO5S-. The van der Waals surface area contributed by atoms with Crippen molar-refractivity contribution in [2.24, 2.45) is 0 Å². The number of anilines is 1. The number of fused-ring (bicyclic) bond motifs is 1. The number of nitrogens with one attached hydrogen (secondary N) is 1. The highest BCUT2D eigenvalue weighted by molar-refractivity contribution is 7.17. The predicted octanol–water partition coefficient (Wildman–Crippen LogP) is 1.44. The van der Waals surface area contributed by atoms with Crippen LogP contribution in [0, 0.1) is 0 Å². The van der Waals surface area contributed by atoms with E-state index in [4.69, 9.17) is 4.74 Å². The van der Waals surface area contributed by atoms with Crippen LogP contribution in [0.2, 0.25) is 0 Å². The Hall–Kier alpha value is -2.15. The first-order chi connectivity index (χ1) is 11.0. The highest BCUT2D eigenvalue weighted by atomic mass is 32.1. The second-order valence-electron chi connectivity index (χ2n) is 5.19. The monoisotopic (exact) mass is 336 g/mol. The minimum Gasteiger partial charge on any atom is -0.545 e. The maximum absolute atomic E-state index is 12.3. The molecule has 0 aromatic carbocycles. The van der Waals surface area contributed by atoms with Crippen LogP contribution >= 0.6 is 11.3 Å². The molecule has 1 aromatic rings. The lowest BCUT2D eigenvalue weighted by molar-refractivity contribution is -0.297. The Bertz CT molecular complexity index is 647. The number of aliphatic carboxylic acids is 1. The number of thiophene rings is 1. The van der Waals surface area contributed by atoms with Crippen LogP contribution in [0.4, 0.5) is 5.00 Å². The Balaban J connectivity index is 2.27. The number of carboxylic acids is 1. The Morgan fingerprint density at radius 1 is 1.26 bits per heavy atom. The van der Waals surface area contributed by atoms with Crippen LogP contribution in [0.1, 0.15) is 47.0 Å². The largest absolute Gasteiger partial charge is 0.545 e. The van der Waals surface area contributed by atoms with Crippen LogP contribution in [-0.2, 0) is 27.2 Å². The average Bonchev–Trinajstić information content (AvgIpc) is 2.88. The fraction of sp³-hybridized carbons (Fsp3) is 0.438. The zero-order valence-electron chi connectivity index (χ0n) is 12.8. The highest BCUT2D eigenvalue weighted by Gasteiger charge is 2.26. The number of carboxylic acid groups (broad SMARTS) is 1. The van der Waals surface area contributed by atoms with Gasteiger partial charge in [0.15, 0.2) is 0 Å². The quantitative estimate of drug-likeness (QED) is 0.626. The van der Waals surface area contributed by atoms with Gasteiger partial charge in [0, 0.05) is 11.0 Å². The number of ether oxygens (including phenoxy) is 1. The van der Waals surface area contributed by atoms with E-state index in [0.29, 0.717) is 29.7 Å². The summed E-state index contributed by atoms with van der Waals surface area (Å²) in [6, 6.07) is 0. The molecule has 0 bridgehead atoms. The third-order valence-corrected chi connectivity index (χ3v) is 4.63. The summed E-state index contributed by atoms with van der Waals surface area (Å²) in [6.45, 7) is 2.23. The van der Waals surface area contributed by atoms with E-state index in [-0.39, 0.29) is 0 Å². The van der Waals surface area contributed by atoms with Gasteiger partial charge < -0.3 is 20.0 Å². The molecule has 0 spiro atoms. The molecule has 1 amide bonds. The summed E-state index contributed by atoms with van der Waals surface area (Å²) < 4.78 is 5.22. The lowest BCUT2D eigenvalue weighted by atomic mass is 9.95. The Labute approximate surface area is 138 Å². The van der Waals surface area contributed by atoms with Gasteiger partial charge in [0.2, 0.25) is 5.91 Å². The second kappa shape index (κ2) is 7.92. The number of hydrogen-bond acceptors (Lipinski definition) is 6. The third-order valence-electron chi connectivity index (χ3n) is 3.42. The molecule has 1 aliphatic rings. The van der Waals surface area contributed by atoms with Crippen molar-refractivity contribution in [3.05, 3.63) is 28.2 Å². The van der Waals surface area contributed by atoms with Gasteiger partial charge in [-0.2, -0.15) is 0 Å². The van der Waals surface area contributed by atoms with Crippen molar-refractivity contribution in [1.82, 2.24) is 0 Å². The van der Waals surface area contributed by atoms with E-state index in [0.717, 1.165) is 42.2 Å². The van der Waals surface area contributed by atoms with Crippen LogP contribution < -0.4 is 10.4 Å². The van der Waals surface area contributed by atoms with Gasteiger partial charge in [0.05, 0.1) is 18.1 Å². The first-order valence-electron chi connectivity index (χ1n) is 7.54. The van der Waals surface area contributed by atoms with E-state index >= 15 is 0 Å². The van der Waals surface area contributed by atoms with E-state index in [2.05, 4.69) is 5.32 Å². The molecule has 0 unspecified atom stereocenters. The molecule has 7 heteroatoms. The molecule has 6 nitrogen and oxygen atoms in total. The summed E-state index contributed by atoms with van der Waals surface area (Å²) >= 11 is 1.36. The minimum absolute atomic E-state index is 0.321. The molecule has 1 aromatic heterocycles. The van der Waals surface area contributed by atoms with Gasteiger partial charge in [-0.3, -0.25) is 4.79 Å². The van der Waals surface area contributed by atoms with Crippen molar-refractivity contribution in [2.75, 3.05) is 11.9 Å². The lowest BCUT2D eigenvalue weighted by Gasteiger charge is -2.12. The van der Waals surface area contributed by atoms with Crippen molar-refractivity contribution in [3.63, 3.8) is 0 Å². The smallest absolute Gasteiger partial charge is 0.341 e. The second-order valence-corrected chi connectivity index (χ2v) is 6.30. The maximum Gasteiger partial charge on any atom is 0.341 e. The molecule has 0 radical (unpaired) electrons. The number of carbonyl (C=O) groups is 3. The first kappa shape index (κ1) is 17.2. The number of aryl methyl sites for hydroxylation is 1. The summed E-state index contributed by atoms with van der Waals surface area (Å²) in [5.41, 5.74) is 1.36. The zero-order valence-corrected chi connectivity index (χ0v) is 13.7. The Kier molecular flexibility index (Phi) is 5.92. The number of esters is 1. The standard InChI is InChI=1S/C16H19NO5S/c1-2-9-22-16(21)14-10-5-3-4-6-11(10)23-15(14)17-12(18)7-8-13(19)20/h7-8H,2-6,9H2,1H3,(H,17,18)(H,19,20)/p-1/b8-7+. The molecule has 1 N–H and O–H groups in total. The van der Waals surface area contributed by atoms with Gasteiger partial charge in [-0.15, -0.1) is 11.3 Å². The summed E-state index contributed by atoms with van der Waals surface area (Å²) in [5, 5.41) is 13.4. The van der Waals surface area contributed by atoms with Gasteiger partial charge in [-0.05, 0) is 43.7 Å². The number of amides is 1.